The average Bonchev–Trinajstić information content (AvgIpc) is 2.35. The summed E-state index contributed by atoms with van der Waals surface area (Å²) in [5.74, 6) is 0. The van der Waals surface area contributed by atoms with Gasteiger partial charge in [-0.3, -0.25) is 4.99 Å². The lowest BCUT2D eigenvalue weighted by Crippen LogP contribution is -1.88. The van der Waals surface area contributed by atoms with Gasteiger partial charge in [0.2, 0.25) is 0 Å². The minimum Gasteiger partial charge on any atom is -0.262 e. The van der Waals surface area contributed by atoms with Gasteiger partial charge in [0, 0.05) is 17.8 Å². The fourth-order valence-corrected chi connectivity index (χ4v) is 1.65. The van der Waals surface area contributed by atoms with Crippen LogP contribution >= 0.6 is 0 Å². The minimum atomic E-state index is 1.06. The highest BCUT2D eigenvalue weighted by molar-refractivity contribution is 5.89. The molecule has 1 heterocycles. The van der Waals surface area contributed by atoms with Crippen LogP contribution in [0.15, 0.2) is 28.4 Å². The zero-order valence-corrected chi connectivity index (χ0v) is 6.28. The third-order valence-electron chi connectivity index (χ3n) is 2.20. The Morgan fingerprint density at radius 3 is 2.90 bits per heavy atom. The second-order valence-corrected chi connectivity index (χ2v) is 3.05. The summed E-state index contributed by atoms with van der Waals surface area (Å²) in [5.41, 5.74) is 5.31. The van der Waals surface area contributed by atoms with Crippen LogP contribution in [0.4, 0.5) is 0 Å². The van der Waals surface area contributed by atoms with Crippen LogP contribution in [0.5, 0.6) is 0 Å². The molecular formula is C9H11N. The van der Waals surface area contributed by atoms with Crippen molar-refractivity contribution in [3.05, 3.63) is 23.4 Å². The molecule has 2 aliphatic rings. The Balaban J connectivity index is 2.36. The molecule has 0 bridgehead atoms. The summed E-state index contributed by atoms with van der Waals surface area (Å²) < 4.78 is 0. The van der Waals surface area contributed by atoms with Crippen LogP contribution < -0.4 is 0 Å². The van der Waals surface area contributed by atoms with E-state index in [0.717, 1.165) is 19.3 Å². The number of rotatable bonds is 0. The van der Waals surface area contributed by atoms with Crippen molar-refractivity contribution in [2.24, 2.45) is 4.99 Å². The van der Waals surface area contributed by atoms with E-state index < -0.39 is 0 Å². The van der Waals surface area contributed by atoms with Gasteiger partial charge in [-0.05, 0) is 30.9 Å². The molecule has 0 atom stereocenters. The standard InChI is InChI=1S/C9H11N/c1-6-3-4-9-8(6)5-7(2)10-9/h1,3-5H2,2H3. The molecule has 1 aliphatic carbocycles. The number of allylic oxidation sites excluding steroid dienone is 3. The van der Waals surface area contributed by atoms with Crippen molar-refractivity contribution >= 4 is 5.71 Å². The van der Waals surface area contributed by atoms with Gasteiger partial charge in [-0.2, -0.15) is 0 Å². The second-order valence-electron chi connectivity index (χ2n) is 3.05. The van der Waals surface area contributed by atoms with Crippen molar-refractivity contribution in [1.29, 1.82) is 0 Å². The lowest BCUT2D eigenvalue weighted by atomic mass is 10.1. The maximum atomic E-state index is 4.44. The van der Waals surface area contributed by atoms with E-state index in [-0.39, 0.29) is 0 Å². The summed E-state index contributed by atoms with van der Waals surface area (Å²) in [6, 6.07) is 0. The van der Waals surface area contributed by atoms with E-state index in [9.17, 15) is 0 Å². The van der Waals surface area contributed by atoms with Gasteiger partial charge in [0.15, 0.2) is 0 Å². The molecule has 0 aromatic rings. The Hall–Kier alpha value is -0.850. The molecule has 1 heteroatoms. The van der Waals surface area contributed by atoms with Crippen LogP contribution in [0.3, 0.4) is 0 Å². The van der Waals surface area contributed by atoms with E-state index in [1.165, 1.54) is 22.6 Å². The smallest absolute Gasteiger partial charge is 0.0444 e. The predicted molar refractivity (Wildman–Crippen MR) is 43.1 cm³/mol. The van der Waals surface area contributed by atoms with Gasteiger partial charge in [-0.15, -0.1) is 0 Å². The van der Waals surface area contributed by atoms with Crippen LogP contribution in [0.25, 0.3) is 0 Å². The van der Waals surface area contributed by atoms with Gasteiger partial charge >= 0.3 is 0 Å². The van der Waals surface area contributed by atoms with Gasteiger partial charge < -0.3 is 0 Å². The first-order valence-corrected chi connectivity index (χ1v) is 3.71. The Morgan fingerprint density at radius 1 is 1.40 bits per heavy atom. The Kier molecular flexibility index (Phi) is 1.07. The minimum absolute atomic E-state index is 1.06. The number of aliphatic imine (C=N–C) groups is 1. The van der Waals surface area contributed by atoms with Crippen molar-refractivity contribution in [3.8, 4) is 0 Å². The lowest BCUT2D eigenvalue weighted by molar-refractivity contribution is 0.992. The van der Waals surface area contributed by atoms with E-state index in [1.54, 1.807) is 0 Å². The highest BCUT2D eigenvalue weighted by Crippen LogP contribution is 2.37. The fourth-order valence-electron chi connectivity index (χ4n) is 1.65. The van der Waals surface area contributed by atoms with Gasteiger partial charge in [-0.1, -0.05) is 6.58 Å². The normalized spacial score (nSPS) is 23.7. The van der Waals surface area contributed by atoms with Crippen molar-refractivity contribution in [3.63, 3.8) is 0 Å². The van der Waals surface area contributed by atoms with Crippen LogP contribution in [0, 0.1) is 0 Å². The molecule has 0 fully saturated rings. The number of nitrogens with zero attached hydrogens (tertiary/aromatic N) is 1. The maximum Gasteiger partial charge on any atom is 0.0444 e. The molecule has 0 saturated heterocycles. The third kappa shape index (κ3) is 0.666. The zero-order valence-electron chi connectivity index (χ0n) is 6.28. The molecule has 1 aliphatic heterocycles. The van der Waals surface area contributed by atoms with Crippen molar-refractivity contribution in [2.45, 2.75) is 26.2 Å². The molecule has 1 nitrogen and oxygen atoms in total. The lowest BCUT2D eigenvalue weighted by Gasteiger charge is -1.96. The van der Waals surface area contributed by atoms with Crippen molar-refractivity contribution in [1.82, 2.24) is 0 Å². The van der Waals surface area contributed by atoms with Gasteiger partial charge in [-0.25, -0.2) is 0 Å². The van der Waals surface area contributed by atoms with E-state index in [4.69, 9.17) is 0 Å². The monoisotopic (exact) mass is 133 g/mol. The fraction of sp³-hybridized carbons (Fsp3) is 0.444. The van der Waals surface area contributed by atoms with Crippen LogP contribution in [0.2, 0.25) is 0 Å². The van der Waals surface area contributed by atoms with Crippen molar-refractivity contribution < 1.29 is 0 Å². The van der Waals surface area contributed by atoms with Crippen LogP contribution in [-0.4, -0.2) is 5.71 Å². The summed E-state index contributed by atoms with van der Waals surface area (Å²) in [5, 5.41) is 0. The molecule has 0 unspecified atom stereocenters. The van der Waals surface area contributed by atoms with Gasteiger partial charge in [0.1, 0.15) is 0 Å². The summed E-state index contributed by atoms with van der Waals surface area (Å²) in [6.07, 6.45) is 3.33. The van der Waals surface area contributed by atoms with Crippen molar-refractivity contribution in [2.75, 3.05) is 0 Å². The molecule has 2 rings (SSSR count). The zero-order chi connectivity index (χ0) is 7.14. The molecule has 0 aromatic carbocycles. The SMILES string of the molecule is C=C1CCC2=C1CC(C)=N2. The molecule has 0 N–H and O–H groups in total. The number of hydrogen-bond donors (Lipinski definition) is 0. The first kappa shape index (κ1) is 5.90. The van der Waals surface area contributed by atoms with Gasteiger partial charge in [0.05, 0.1) is 0 Å². The Morgan fingerprint density at radius 2 is 2.20 bits per heavy atom. The molecule has 0 radical (unpaired) electrons. The average molecular weight is 133 g/mol. The highest BCUT2D eigenvalue weighted by Gasteiger charge is 2.22. The van der Waals surface area contributed by atoms with E-state index in [2.05, 4.69) is 18.5 Å². The second kappa shape index (κ2) is 1.82. The summed E-state index contributed by atoms with van der Waals surface area (Å²) in [6.45, 7) is 6.09. The molecule has 10 heavy (non-hydrogen) atoms. The molecule has 52 valence electrons. The van der Waals surface area contributed by atoms with E-state index in [0.29, 0.717) is 0 Å². The number of hydrogen-bond acceptors (Lipinski definition) is 1. The van der Waals surface area contributed by atoms with E-state index in [1.807, 2.05) is 0 Å². The third-order valence-corrected chi connectivity index (χ3v) is 2.20. The topological polar surface area (TPSA) is 12.4 Å². The summed E-state index contributed by atoms with van der Waals surface area (Å²) in [7, 11) is 0. The summed E-state index contributed by atoms with van der Waals surface area (Å²) >= 11 is 0. The van der Waals surface area contributed by atoms with Crippen LogP contribution in [0.1, 0.15) is 26.2 Å². The first-order valence-electron chi connectivity index (χ1n) is 3.71. The molecule has 0 saturated carbocycles. The van der Waals surface area contributed by atoms with Crippen LogP contribution in [-0.2, 0) is 0 Å². The first-order chi connectivity index (χ1) is 4.77. The predicted octanol–water partition coefficient (Wildman–Crippen LogP) is 2.46. The maximum absolute atomic E-state index is 4.44. The van der Waals surface area contributed by atoms with Gasteiger partial charge in [0.25, 0.3) is 0 Å². The molecule has 0 spiro atoms. The quantitative estimate of drug-likeness (QED) is 0.481. The molecule has 0 amide bonds. The Bertz CT molecular complexity index is 256. The Labute approximate surface area is 61.2 Å². The summed E-state index contributed by atoms with van der Waals surface area (Å²) in [4.78, 5) is 4.44. The molecular weight excluding hydrogens is 122 g/mol. The largest absolute Gasteiger partial charge is 0.262 e. The van der Waals surface area contributed by atoms with E-state index >= 15 is 0 Å². The highest BCUT2D eigenvalue weighted by atomic mass is 14.8. The molecule has 0 aromatic heterocycles.